The van der Waals surface area contributed by atoms with E-state index in [1.807, 2.05) is 49.4 Å². The minimum absolute atomic E-state index is 0.0754. The third-order valence-electron chi connectivity index (χ3n) is 2.93. The summed E-state index contributed by atoms with van der Waals surface area (Å²) in [5.41, 5.74) is 3.00. The normalized spacial score (nSPS) is 10.4. The van der Waals surface area contributed by atoms with Gasteiger partial charge in [-0.2, -0.15) is 0 Å². The summed E-state index contributed by atoms with van der Waals surface area (Å²) < 4.78 is 0.883. The zero-order valence-electron chi connectivity index (χ0n) is 11.6. The second-order valence-electron chi connectivity index (χ2n) is 4.76. The van der Waals surface area contributed by atoms with Crippen LogP contribution in [0.2, 0.25) is 5.02 Å². The minimum Gasteiger partial charge on any atom is -0.324 e. The summed E-state index contributed by atoms with van der Waals surface area (Å²) >= 11 is 9.26. The minimum atomic E-state index is -0.0754. The fourth-order valence-corrected chi connectivity index (χ4v) is 2.56. The zero-order valence-corrected chi connectivity index (χ0v) is 14.0. The molecule has 21 heavy (non-hydrogen) atoms. The maximum atomic E-state index is 11.9. The lowest BCUT2D eigenvalue weighted by Crippen LogP contribution is -2.27. The Hall–Kier alpha value is -1.36. The molecular formula is C16H16BrClN2O. The number of amides is 1. The maximum Gasteiger partial charge on any atom is 0.238 e. The van der Waals surface area contributed by atoms with E-state index >= 15 is 0 Å². The van der Waals surface area contributed by atoms with Crippen LogP contribution in [0.15, 0.2) is 46.9 Å². The molecule has 0 spiro atoms. The molecule has 0 bridgehead atoms. The van der Waals surface area contributed by atoms with Gasteiger partial charge in [0.1, 0.15) is 0 Å². The van der Waals surface area contributed by atoms with Crippen molar-refractivity contribution in [2.24, 2.45) is 0 Å². The number of hydrogen-bond acceptors (Lipinski definition) is 2. The van der Waals surface area contributed by atoms with Crippen LogP contribution in [-0.4, -0.2) is 12.5 Å². The quantitative estimate of drug-likeness (QED) is 0.834. The van der Waals surface area contributed by atoms with Crippen molar-refractivity contribution in [3.05, 3.63) is 63.1 Å². The second kappa shape index (κ2) is 7.59. The number of anilines is 1. The van der Waals surface area contributed by atoms with Gasteiger partial charge in [0.2, 0.25) is 5.91 Å². The highest BCUT2D eigenvalue weighted by molar-refractivity contribution is 9.10. The molecule has 0 aliphatic heterocycles. The van der Waals surface area contributed by atoms with Crippen molar-refractivity contribution in [3.63, 3.8) is 0 Å². The number of nitrogens with one attached hydrogen (secondary N) is 2. The van der Waals surface area contributed by atoms with Crippen LogP contribution in [0.1, 0.15) is 11.1 Å². The molecule has 0 atom stereocenters. The van der Waals surface area contributed by atoms with Gasteiger partial charge < -0.3 is 10.6 Å². The molecule has 0 heterocycles. The molecule has 0 saturated carbocycles. The van der Waals surface area contributed by atoms with E-state index in [0.717, 1.165) is 21.3 Å². The molecule has 0 saturated heterocycles. The molecule has 2 aromatic rings. The SMILES string of the molecule is Cc1ccc(NC(=O)CNCc2ccc(Cl)cc2)c(Br)c1. The van der Waals surface area contributed by atoms with E-state index in [-0.39, 0.29) is 12.5 Å². The smallest absolute Gasteiger partial charge is 0.238 e. The van der Waals surface area contributed by atoms with Gasteiger partial charge in [-0.25, -0.2) is 0 Å². The Labute approximate surface area is 137 Å². The monoisotopic (exact) mass is 366 g/mol. The Morgan fingerprint density at radius 2 is 1.90 bits per heavy atom. The molecule has 0 aliphatic carbocycles. The number of benzene rings is 2. The van der Waals surface area contributed by atoms with Crippen molar-refractivity contribution >= 4 is 39.1 Å². The summed E-state index contributed by atoms with van der Waals surface area (Å²) in [6.45, 7) is 2.88. The highest BCUT2D eigenvalue weighted by Crippen LogP contribution is 2.23. The highest BCUT2D eigenvalue weighted by atomic mass is 79.9. The first-order valence-corrected chi connectivity index (χ1v) is 7.73. The summed E-state index contributed by atoms with van der Waals surface area (Å²) in [4.78, 5) is 11.9. The summed E-state index contributed by atoms with van der Waals surface area (Å²) in [5, 5.41) is 6.67. The fraction of sp³-hybridized carbons (Fsp3) is 0.188. The van der Waals surface area contributed by atoms with Crippen LogP contribution in [0.4, 0.5) is 5.69 Å². The average Bonchev–Trinajstić information content (AvgIpc) is 2.44. The lowest BCUT2D eigenvalue weighted by Gasteiger charge is -2.09. The van der Waals surface area contributed by atoms with Crippen molar-refractivity contribution < 1.29 is 4.79 Å². The molecule has 0 radical (unpaired) electrons. The number of carbonyl (C=O) groups is 1. The van der Waals surface area contributed by atoms with Gasteiger partial charge in [0, 0.05) is 16.0 Å². The van der Waals surface area contributed by atoms with E-state index in [2.05, 4.69) is 26.6 Å². The van der Waals surface area contributed by atoms with Gasteiger partial charge in [0.05, 0.1) is 12.2 Å². The Balaban J connectivity index is 1.81. The van der Waals surface area contributed by atoms with E-state index in [9.17, 15) is 4.79 Å². The third-order valence-corrected chi connectivity index (χ3v) is 3.83. The summed E-state index contributed by atoms with van der Waals surface area (Å²) in [7, 11) is 0. The standard InChI is InChI=1S/C16H16BrClN2O/c1-11-2-7-15(14(17)8-11)20-16(21)10-19-9-12-3-5-13(18)6-4-12/h2-8,19H,9-10H2,1H3,(H,20,21). The lowest BCUT2D eigenvalue weighted by molar-refractivity contribution is -0.115. The molecule has 0 aromatic heterocycles. The Kier molecular flexibility index (Phi) is 5.79. The predicted octanol–water partition coefficient (Wildman–Crippen LogP) is 4.14. The summed E-state index contributed by atoms with van der Waals surface area (Å²) in [6, 6.07) is 13.4. The van der Waals surface area contributed by atoms with Crippen LogP contribution < -0.4 is 10.6 Å². The van der Waals surface area contributed by atoms with Gasteiger partial charge in [0.25, 0.3) is 0 Å². The molecule has 3 nitrogen and oxygen atoms in total. The topological polar surface area (TPSA) is 41.1 Å². The van der Waals surface area contributed by atoms with E-state index in [4.69, 9.17) is 11.6 Å². The van der Waals surface area contributed by atoms with Crippen molar-refractivity contribution in [1.29, 1.82) is 0 Å². The van der Waals surface area contributed by atoms with Gasteiger partial charge >= 0.3 is 0 Å². The van der Waals surface area contributed by atoms with Crippen LogP contribution in [-0.2, 0) is 11.3 Å². The molecule has 0 fully saturated rings. The number of rotatable bonds is 5. The maximum absolute atomic E-state index is 11.9. The Morgan fingerprint density at radius 1 is 1.19 bits per heavy atom. The van der Waals surface area contributed by atoms with Crippen LogP contribution in [0.25, 0.3) is 0 Å². The fourth-order valence-electron chi connectivity index (χ4n) is 1.84. The van der Waals surface area contributed by atoms with Crippen molar-refractivity contribution in [2.75, 3.05) is 11.9 Å². The molecule has 2 rings (SSSR count). The molecule has 5 heteroatoms. The Morgan fingerprint density at radius 3 is 2.57 bits per heavy atom. The van der Waals surface area contributed by atoms with Crippen LogP contribution in [0.3, 0.4) is 0 Å². The number of carbonyl (C=O) groups excluding carboxylic acids is 1. The Bertz CT molecular complexity index is 629. The molecule has 2 aromatic carbocycles. The first kappa shape index (κ1) is 16.0. The van der Waals surface area contributed by atoms with E-state index in [1.165, 1.54) is 0 Å². The zero-order chi connectivity index (χ0) is 15.2. The number of hydrogen-bond donors (Lipinski definition) is 2. The lowest BCUT2D eigenvalue weighted by atomic mass is 10.2. The van der Waals surface area contributed by atoms with Gasteiger partial charge in [-0.3, -0.25) is 4.79 Å². The first-order chi connectivity index (χ1) is 10.0. The second-order valence-corrected chi connectivity index (χ2v) is 6.05. The predicted molar refractivity (Wildman–Crippen MR) is 90.7 cm³/mol. The van der Waals surface area contributed by atoms with Gasteiger partial charge in [0.15, 0.2) is 0 Å². The molecule has 2 N–H and O–H groups in total. The summed E-state index contributed by atoms with van der Waals surface area (Å²) in [6.07, 6.45) is 0. The average molecular weight is 368 g/mol. The van der Waals surface area contributed by atoms with Gasteiger partial charge in [-0.05, 0) is 58.2 Å². The van der Waals surface area contributed by atoms with Crippen LogP contribution in [0, 0.1) is 6.92 Å². The van der Waals surface area contributed by atoms with Gasteiger partial charge in [-0.1, -0.05) is 29.8 Å². The molecule has 1 amide bonds. The number of halogens is 2. The third kappa shape index (κ3) is 5.16. The van der Waals surface area contributed by atoms with Crippen molar-refractivity contribution in [3.8, 4) is 0 Å². The van der Waals surface area contributed by atoms with E-state index in [0.29, 0.717) is 11.6 Å². The van der Waals surface area contributed by atoms with Gasteiger partial charge in [-0.15, -0.1) is 0 Å². The summed E-state index contributed by atoms with van der Waals surface area (Å²) in [5.74, 6) is -0.0754. The molecule has 0 unspecified atom stereocenters. The van der Waals surface area contributed by atoms with Crippen molar-refractivity contribution in [2.45, 2.75) is 13.5 Å². The van der Waals surface area contributed by atoms with Crippen LogP contribution in [0.5, 0.6) is 0 Å². The molecule has 110 valence electrons. The largest absolute Gasteiger partial charge is 0.324 e. The highest BCUT2D eigenvalue weighted by Gasteiger charge is 2.05. The van der Waals surface area contributed by atoms with Crippen LogP contribution >= 0.6 is 27.5 Å². The first-order valence-electron chi connectivity index (χ1n) is 6.56. The number of aryl methyl sites for hydroxylation is 1. The van der Waals surface area contributed by atoms with E-state index < -0.39 is 0 Å². The molecule has 0 aliphatic rings. The van der Waals surface area contributed by atoms with Crippen molar-refractivity contribution in [1.82, 2.24) is 5.32 Å². The van der Waals surface area contributed by atoms with E-state index in [1.54, 1.807) is 0 Å². The molecular weight excluding hydrogens is 352 g/mol.